The number of rotatable bonds is 7. The molecule has 0 bridgehead atoms. The molecule has 1 aromatic rings. The molecule has 0 saturated carbocycles. The molecule has 0 heterocycles. The lowest BCUT2D eigenvalue weighted by molar-refractivity contribution is 0.194. The number of hydrogen-bond donors (Lipinski definition) is 1. The summed E-state index contributed by atoms with van der Waals surface area (Å²) in [7, 11) is 1.72. The third-order valence-corrected chi connectivity index (χ3v) is 3.14. The van der Waals surface area contributed by atoms with Crippen molar-refractivity contribution >= 4 is 27.5 Å². The standard InChI is InChI=1S/C12H17BrClNO/c1-16-8-2-6-15-7-5-10-9-11(13)3-4-12(10)14/h3-4,9,15H,2,5-8H2,1H3. The maximum atomic E-state index is 6.09. The Hall–Kier alpha value is -0.0900. The maximum Gasteiger partial charge on any atom is 0.0474 e. The Morgan fingerprint density at radius 2 is 2.19 bits per heavy atom. The predicted molar refractivity (Wildman–Crippen MR) is 72.2 cm³/mol. The largest absolute Gasteiger partial charge is 0.385 e. The van der Waals surface area contributed by atoms with Gasteiger partial charge in [-0.3, -0.25) is 0 Å². The number of hydrogen-bond acceptors (Lipinski definition) is 2. The lowest BCUT2D eigenvalue weighted by atomic mass is 10.1. The first-order valence-corrected chi connectivity index (χ1v) is 6.54. The van der Waals surface area contributed by atoms with Gasteiger partial charge in [-0.1, -0.05) is 27.5 Å². The Kier molecular flexibility index (Phi) is 7.05. The van der Waals surface area contributed by atoms with Crippen LogP contribution < -0.4 is 5.32 Å². The van der Waals surface area contributed by atoms with E-state index in [1.165, 1.54) is 5.56 Å². The molecule has 90 valence electrons. The number of benzene rings is 1. The normalized spacial score (nSPS) is 10.7. The summed E-state index contributed by atoms with van der Waals surface area (Å²) in [5, 5.41) is 4.20. The van der Waals surface area contributed by atoms with Crippen LogP contribution in [0.5, 0.6) is 0 Å². The molecule has 0 amide bonds. The van der Waals surface area contributed by atoms with E-state index < -0.39 is 0 Å². The number of methoxy groups -OCH3 is 1. The van der Waals surface area contributed by atoms with Gasteiger partial charge in [0, 0.05) is 23.2 Å². The van der Waals surface area contributed by atoms with Crippen LogP contribution in [-0.4, -0.2) is 26.8 Å². The highest BCUT2D eigenvalue weighted by atomic mass is 79.9. The first kappa shape index (κ1) is 14.0. The van der Waals surface area contributed by atoms with E-state index in [0.29, 0.717) is 0 Å². The van der Waals surface area contributed by atoms with Crippen molar-refractivity contribution in [1.82, 2.24) is 5.32 Å². The van der Waals surface area contributed by atoms with Gasteiger partial charge in [0.1, 0.15) is 0 Å². The van der Waals surface area contributed by atoms with Gasteiger partial charge in [0.05, 0.1) is 0 Å². The number of nitrogens with one attached hydrogen (secondary N) is 1. The Bertz CT molecular complexity index is 320. The van der Waals surface area contributed by atoms with Crippen molar-refractivity contribution in [3.05, 3.63) is 33.3 Å². The molecule has 0 radical (unpaired) electrons. The Morgan fingerprint density at radius 1 is 1.38 bits per heavy atom. The molecule has 0 unspecified atom stereocenters. The fourth-order valence-corrected chi connectivity index (χ4v) is 2.04. The van der Waals surface area contributed by atoms with Crippen LogP contribution in [0.2, 0.25) is 5.02 Å². The Balaban J connectivity index is 2.23. The van der Waals surface area contributed by atoms with Crippen molar-refractivity contribution in [2.24, 2.45) is 0 Å². The van der Waals surface area contributed by atoms with E-state index >= 15 is 0 Å². The van der Waals surface area contributed by atoms with Crippen LogP contribution in [0.15, 0.2) is 22.7 Å². The molecule has 16 heavy (non-hydrogen) atoms. The smallest absolute Gasteiger partial charge is 0.0474 e. The van der Waals surface area contributed by atoms with Gasteiger partial charge in [0.2, 0.25) is 0 Å². The summed E-state index contributed by atoms with van der Waals surface area (Å²) < 4.78 is 6.05. The van der Waals surface area contributed by atoms with E-state index in [9.17, 15) is 0 Å². The zero-order chi connectivity index (χ0) is 11.8. The molecule has 0 spiro atoms. The summed E-state index contributed by atoms with van der Waals surface area (Å²) >= 11 is 9.53. The summed E-state index contributed by atoms with van der Waals surface area (Å²) in [4.78, 5) is 0. The quantitative estimate of drug-likeness (QED) is 0.781. The molecule has 0 saturated heterocycles. The van der Waals surface area contributed by atoms with Gasteiger partial charge in [-0.05, 0) is 49.7 Å². The van der Waals surface area contributed by atoms with E-state index in [4.69, 9.17) is 16.3 Å². The molecule has 2 nitrogen and oxygen atoms in total. The molecule has 1 aromatic carbocycles. The van der Waals surface area contributed by atoms with Gasteiger partial charge in [0.25, 0.3) is 0 Å². The first-order valence-electron chi connectivity index (χ1n) is 5.37. The second-order valence-electron chi connectivity index (χ2n) is 3.58. The van der Waals surface area contributed by atoms with Crippen LogP contribution in [0.1, 0.15) is 12.0 Å². The van der Waals surface area contributed by atoms with Crippen molar-refractivity contribution in [2.45, 2.75) is 12.8 Å². The van der Waals surface area contributed by atoms with Crippen LogP contribution in [0.25, 0.3) is 0 Å². The minimum Gasteiger partial charge on any atom is -0.385 e. The van der Waals surface area contributed by atoms with Crippen molar-refractivity contribution in [2.75, 3.05) is 26.8 Å². The molecule has 0 fully saturated rings. The fraction of sp³-hybridized carbons (Fsp3) is 0.500. The molecule has 1 rings (SSSR count). The van der Waals surface area contributed by atoms with E-state index in [2.05, 4.69) is 27.3 Å². The Labute approximate surface area is 110 Å². The third-order valence-electron chi connectivity index (χ3n) is 2.28. The number of ether oxygens (including phenoxy) is 1. The minimum absolute atomic E-state index is 0.810. The van der Waals surface area contributed by atoms with Crippen LogP contribution in [0.3, 0.4) is 0 Å². The van der Waals surface area contributed by atoms with Crippen LogP contribution in [-0.2, 0) is 11.2 Å². The third kappa shape index (κ3) is 5.30. The van der Waals surface area contributed by atoms with E-state index in [-0.39, 0.29) is 0 Å². The van der Waals surface area contributed by atoms with Gasteiger partial charge in [-0.2, -0.15) is 0 Å². The molecule has 0 aliphatic rings. The first-order chi connectivity index (χ1) is 7.74. The lowest BCUT2D eigenvalue weighted by Crippen LogP contribution is -2.19. The Morgan fingerprint density at radius 3 is 2.94 bits per heavy atom. The SMILES string of the molecule is COCCCNCCc1cc(Br)ccc1Cl. The molecular weight excluding hydrogens is 289 g/mol. The van der Waals surface area contributed by atoms with Crippen molar-refractivity contribution in [1.29, 1.82) is 0 Å². The monoisotopic (exact) mass is 305 g/mol. The van der Waals surface area contributed by atoms with Crippen LogP contribution in [0, 0.1) is 0 Å². The predicted octanol–water partition coefficient (Wildman–Crippen LogP) is 3.27. The molecule has 0 aliphatic carbocycles. The van der Waals surface area contributed by atoms with Crippen molar-refractivity contribution in [3.8, 4) is 0 Å². The fourth-order valence-electron chi connectivity index (χ4n) is 1.42. The van der Waals surface area contributed by atoms with Gasteiger partial charge < -0.3 is 10.1 Å². The maximum absolute atomic E-state index is 6.09. The van der Waals surface area contributed by atoms with E-state index in [0.717, 1.165) is 42.0 Å². The minimum atomic E-state index is 0.810. The van der Waals surface area contributed by atoms with Gasteiger partial charge in [0.15, 0.2) is 0 Å². The lowest BCUT2D eigenvalue weighted by Gasteiger charge is -2.06. The second kappa shape index (κ2) is 8.07. The summed E-state index contributed by atoms with van der Waals surface area (Å²) in [5.41, 5.74) is 1.18. The highest BCUT2D eigenvalue weighted by Crippen LogP contribution is 2.21. The highest BCUT2D eigenvalue weighted by molar-refractivity contribution is 9.10. The van der Waals surface area contributed by atoms with Crippen LogP contribution in [0.4, 0.5) is 0 Å². The van der Waals surface area contributed by atoms with Gasteiger partial charge in [-0.15, -0.1) is 0 Å². The zero-order valence-corrected chi connectivity index (χ0v) is 11.8. The summed E-state index contributed by atoms with van der Waals surface area (Å²) in [6, 6.07) is 5.95. The van der Waals surface area contributed by atoms with E-state index in [1.807, 2.05) is 12.1 Å². The average Bonchev–Trinajstić information content (AvgIpc) is 2.28. The van der Waals surface area contributed by atoms with Crippen molar-refractivity contribution in [3.63, 3.8) is 0 Å². The van der Waals surface area contributed by atoms with Gasteiger partial charge >= 0.3 is 0 Å². The number of halogens is 2. The highest BCUT2D eigenvalue weighted by Gasteiger charge is 2.00. The van der Waals surface area contributed by atoms with Crippen LogP contribution >= 0.6 is 27.5 Å². The average molecular weight is 307 g/mol. The summed E-state index contributed by atoms with van der Waals surface area (Å²) in [6.07, 6.45) is 1.99. The molecule has 0 aromatic heterocycles. The zero-order valence-electron chi connectivity index (χ0n) is 9.43. The molecular formula is C12H17BrClNO. The van der Waals surface area contributed by atoms with E-state index in [1.54, 1.807) is 7.11 Å². The summed E-state index contributed by atoms with van der Waals surface area (Å²) in [6.45, 7) is 2.74. The molecule has 4 heteroatoms. The van der Waals surface area contributed by atoms with Gasteiger partial charge in [-0.25, -0.2) is 0 Å². The molecule has 0 aliphatic heterocycles. The molecule has 1 N–H and O–H groups in total. The topological polar surface area (TPSA) is 21.3 Å². The summed E-state index contributed by atoms with van der Waals surface area (Å²) in [5.74, 6) is 0. The van der Waals surface area contributed by atoms with Crippen molar-refractivity contribution < 1.29 is 4.74 Å². The second-order valence-corrected chi connectivity index (χ2v) is 4.90. The molecule has 0 atom stereocenters.